The van der Waals surface area contributed by atoms with E-state index in [9.17, 15) is 14.4 Å². The van der Waals surface area contributed by atoms with Gasteiger partial charge in [0.1, 0.15) is 5.75 Å². The largest absolute Gasteiger partial charge is 0.497 e. The fourth-order valence-electron chi connectivity index (χ4n) is 2.71. The van der Waals surface area contributed by atoms with Crippen molar-refractivity contribution in [2.75, 3.05) is 17.7 Å². The van der Waals surface area contributed by atoms with Crippen molar-refractivity contribution in [1.29, 1.82) is 0 Å². The summed E-state index contributed by atoms with van der Waals surface area (Å²) in [6, 6.07) is 11.8. The van der Waals surface area contributed by atoms with E-state index < -0.39 is 18.0 Å². The summed E-state index contributed by atoms with van der Waals surface area (Å²) in [5, 5.41) is 5.44. The molecule has 0 saturated heterocycles. The van der Waals surface area contributed by atoms with Crippen molar-refractivity contribution in [3.63, 3.8) is 0 Å². The topological polar surface area (TPSA) is 93.7 Å². The number of fused-ring (bicyclic) bond motifs is 1. The van der Waals surface area contributed by atoms with Crippen molar-refractivity contribution in [2.24, 2.45) is 0 Å². The van der Waals surface area contributed by atoms with Crippen molar-refractivity contribution in [2.45, 2.75) is 25.9 Å². The standard InChI is InChI=1S/C20H20N2O5/c1-12(19(24)21-15-5-7-16(26-2)8-6-15)27-20(25)14-3-9-17-13(11-14)4-10-18(23)22-17/h3,5-9,11-12H,4,10H2,1-2H3,(H,21,24)(H,22,23). The van der Waals surface area contributed by atoms with E-state index in [1.165, 1.54) is 6.92 Å². The van der Waals surface area contributed by atoms with Gasteiger partial charge < -0.3 is 20.1 Å². The lowest BCUT2D eigenvalue weighted by Crippen LogP contribution is -2.30. The molecule has 0 saturated carbocycles. The molecule has 0 fully saturated rings. The highest BCUT2D eigenvalue weighted by atomic mass is 16.5. The van der Waals surface area contributed by atoms with Gasteiger partial charge in [-0.3, -0.25) is 9.59 Å². The molecule has 1 aliphatic heterocycles. The van der Waals surface area contributed by atoms with Crippen LogP contribution in [0.25, 0.3) is 0 Å². The zero-order valence-corrected chi connectivity index (χ0v) is 15.1. The van der Waals surface area contributed by atoms with E-state index in [0.29, 0.717) is 35.5 Å². The molecule has 0 spiro atoms. The van der Waals surface area contributed by atoms with Gasteiger partial charge >= 0.3 is 5.97 Å². The molecule has 0 radical (unpaired) electrons. The monoisotopic (exact) mass is 368 g/mol. The Morgan fingerprint density at radius 3 is 2.56 bits per heavy atom. The van der Waals surface area contributed by atoms with Crippen molar-refractivity contribution >= 4 is 29.2 Å². The molecule has 1 heterocycles. The maximum atomic E-state index is 12.3. The SMILES string of the molecule is COc1ccc(NC(=O)C(C)OC(=O)c2ccc3c(c2)CCC(=O)N3)cc1. The Morgan fingerprint density at radius 1 is 1.11 bits per heavy atom. The number of nitrogens with one attached hydrogen (secondary N) is 2. The second-order valence-corrected chi connectivity index (χ2v) is 6.19. The minimum Gasteiger partial charge on any atom is -0.497 e. The summed E-state index contributed by atoms with van der Waals surface area (Å²) in [7, 11) is 1.56. The highest BCUT2D eigenvalue weighted by Crippen LogP contribution is 2.24. The van der Waals surface area contributed by atoms with Gasteiger partial charge in [0.25, 0.3) is 5.91 Å². The van der Waals surface area contributed by atoms with Gasteiger partial charge in [-0.25, -0.2) is 4.79 Å². The number of aryl methyl sites for hydroxylation is 1. The molecule has 1 atom stereocenters. The normalized spacial score (nSPS) is 13.8. The maximum Gasteiger partial charge on any atom is 0.338 e. The fraction of sp³-hybridized carbons (Fsp3) is 0.250. The molecular formula is C20H20N2O5. The van der Waals surface area contributed by atoms with Crippen LogP contribution < -0.4 is 15.4 Å². The second-order valence-electron chi connectivity index (χ2n) is 6.19. The Morgan fingerprint density at radius 2 is 1.85 bits per heavy atom. The first-order chi connectivity index (χ1) is 13.0. The van der Waals surface area contributed by atoms with E-state index in [-0.39, 0.29) is 5.91 Å². The third kappa shape index (κ3) is 4.44. The van der Waals surface area contributed by atoms with Crippen LogP contribution in [0.5, 0.6) is 5.75 Å². The zero-order valence-electron chi connectivity index (χ0n) is 15.1. The van der Waals surface area contributed by atoms with Crippen molar-refractivity contribution < 1.29 is 23.9 Å². The average molecular weight is 368 g/mol. The van der Waals surface area contributed by atoms with E-state index in [0.717, 1.165) is 5.56 Å². The Hall–Kier alpha value is -3.35. The van der Waals surface area contributed by atoms with Crippen molar-refractivity contribution in [3.05, 3.63) is 53.6 Å². The van der Waals surface area contributed by atoms with E-state index in [4.69, 9.17) is 9.47 Å². The van der Waals surface area contributed by atoms with Crippen LogP contribution in [0.2, 0.25) is 0 Å². The molecule has 7 nitrogen and oxygen atoms in total. The Labute approximate surface area is 156 Å². The number of carbonyl (C=O) groups is 3. The zero-order chi connectivity index (χ0) is 19.4. The first kappa shape index (κ1) is 18.4. The number of amides is 2. The molecular weight excluding hydrogens is 348 g/mol. The van der Waals surface area contributed by atoms with Crippen LogP contribution in [-0.2, 0) is 20.7 Å². The van der Waals surface area contributed by atoms with Gasteiger partial charge in [0.15, 0.2) is 6.10 Å². The molecule has 1 aliphatic rings. The van der Waals surface area contributed by atoms with E-state index in [1.807, 2.05) is 0 Å². The van der Waals surface area contributed by atoms with Gasteiger partial charge in [-0.15, -0.1) is 0 Å². The van der Waals surface area contributed by atoms with Crippen LogP contribution in [0.3, 0.4) is 0 Å². The number of hydrogen-bond acceptors (Lipinski definition) is 5. The molecule has 0 aromatic heterocycles. The molecule has 27 heavy (non-hydrogen) atoms. The number of anilines is 2. The van der Waals surface area contributed by atoms with Gasteiger partial charge in [0.05, 0.1) is 12.7 Å². The third-order valence-corrected chi connectivity index (χ3v) is 4.25. The minimum absolute atomic E-state index is 0.0401. The molecule has 2 aromatic rings. The van der Waals surface area contributed by atoms with Crippen LogP contribution in [0, 0.1) is 0 Å². The minimum atomic E-state index is -0.963. The third-order valence-electron chi connectivity index (χ3n) is 4.25. The Balaban J connectivity index is 1.61. The van der Waals surface area contributed by atoms with Gasteiger partial charge in [-0.2, -0.15) is 0 Å². The van der Waals surface area contributed by atoms with E-state index >= 15 is 0 Å². The Kier molecular flexibility index (Phi) is 5.40. The van der Waals surface area contributed by atoms with Gasteiger partial charge in [0.2, 0.25) is 5.91 Å². The van der Waals surface area contributed by atoms with Crippen molar-refractivity contribution in [3.8, 4) is 5.75 Å². The number of ether oxygens (including phenoxy) is 2. The summed E-state index contributed by atoms with van der Waals surface area (Å²) in [6.07, 6.45) is -0.0163. The predicted molar refractivity (Wildman–Crippen MR) is 99.9 cm³/mol. The van der Waals surface area contributed by atoms with Gasteiger partial charge in [0, 0.05) is 17.8 Å². The lowest BCUT2D eigenvalue weighted by molar-refractivity contribution is -0.123. The smallest absolute Gasteiger partial charge is 0.338 e. The number of hydrogen-bond donors (Lipinski definition) is 2. The molecule has 0 aliphatic carbocycles. The lowest BCUT2D eigenvalue weighted by atomic mass is 10.0. The molecule has 2 N–H and O–H groups in total. The van der Waals surface area contributed by atoms with Crippen molar-refractivity contribution in [1.82, 2.24) is 0 Å². The molecule has 3 rings (SSSR count). The van der Waals surface area contributed by atoms with Crippen LogP contribution in [0.1, 0.15) is 29.3 Å². The van der Waals surface area contributed by atoms with Crippen LogP contribution in [-0.4, -0.2) is 31.0 Å². The second kappa shape index (κ2) is 7.90. The fourth-order valence-corrected chi connectivity index (χ4v) is 2.71. The molecule has 1 unspecified atom stereocenters. The molecule has 2 amide bonds. The lowest BCUT2D eigenvalue weighted by Gasteiger charge is -2.18. The number of carbonyl (C=O) groups excluding carboxylic acids is 3. The average Bonchev–Trinajstić information content (AvgIpc) is 2.68. The summed E-state index contributed by atoms with van der Waals surface area (Å²) in [5.74, 6) is -0.386. The first-order valence-corrected chi connectivity index (χ1v) is 8.55. The summed E-state index contributed by atoms with van der Waals surface area (Å²) in [4.78, 5) is 36.0. The van der Waals surface area contributed by atoms with E-state index in [2.05, 4.69) is 10.6 Å². The number of esters is 1. The molecule has 140 valence electrons. The number of rotatable bonds is 5. The summed E-state index contributed by atoms with van der Waals surface area (Å²) in [5.41, 5.74) is 2.50. The summed E-state index contributed by atoms with van der Waals surface area (Å²) in [6.45, 7) is 1.51. The van der Waals surface area contributed by atoms with Crippen LogP contribution in [0.4, 0.5) is 11.4 Å². The molecule has 7 heteroatoms. The summed E-state index contributed by atoms with van der Waals surface area (Å²) < 4.78 is 10.3. The number of benzene rings is 2. The number of methoxy groups -OCH3 is 1. The maximum absolute atomic E-state index is 12.3. The molecule has 0 bridgehead atoms. The highest BCUT2D eigenvalue weighted by molar-refractivity contribution is 5.98. The first-order valence-electron chi connectivity index (χ1n) is 8.55. The molecule has 2 aromatic carbocycles. The quantitative estimate of drug-likeness (QED) is 0.792. The van der Waals surface area contributed by atoms with Crippen LogP contribution in [0.15, 0.2) is 42.5 Å². The van der Waals surface area contributed by atoms with E-state index in [1.54, 1.807) is 49.6 Å². The van der Waals surface area contributed by atoms with Gasteiger partial charge in [-0.05, 0) is 61.4 Å². The predicted octanol–water partition coefficient (Wildman–Crippen LogP) is 2.76. The highest BCUT2D eigenvalue weighted by Gasteiger charge is 2.21. The van der Waals surface area contributed by atoms with Crippen LogP contribution >= 0.6 is 0 Å². The summed E-state index contributed by atoms with van der Waals surface area (Å²) >= 11 is 0. The van der Waals surface area contributed by atoms with Gasteiger partial charge in [-0.1, -0.05) is 0 Å². The Bertz CT molecular complexity index is 876.